The van der Waals surface area contributed by atoms with Crippen LogP contribution in [0, 0.1) is 0 Å². The van der Waals surface area contributed by atoms with Gasteiger partial charge >= 0.3 is 0 Å². The smallest absolute Gasteiger partial charge is 0.224 e. The van der Waals surface area contributed by atoms with Crippen molar-refractivity contribution in [2.24, 2.45) is 7.05 Å². The van der Waals surface area contributed by atoms with Crippen LogP contribution in [0.15, 0.2) is 24.3 Å². The van der Waals surface area contributed by atoms with Crippen LogP contribution in [0.2, 0.25) is 0 Å². The molecular formula is C16H17N3O2. The fourth-order valence-corrected chi connectivity index (χ4v) is 3.00. The number of rotatable bonds is 2. The lowest BCUT2D eigenvalue weighted by molar-refractivity contribution is -0.116. The van der Waals surface area contributed by atoms with Crippen molar-refractivity contribution in [3.8, 4) is 11.3 Å². The van der Waals surface area contributed by atoms with E-state index in [0.29, 0.717) is 5.69 Å². The van der Waals surface area contributed by atoms with E-state index in [0.717, 1.165) is 35.2 Å². The van der Waals surface area contributed by atoms with E-state index in [1.165, 1.54) is 0 Å². The number of fused-ring (bicyclic) bond motifs is 1. The van der Waals surface area contributed by atoms with Crippen molar-refractivity contribution >= 4 is 17.9 Å². The van der Waals surface area contributed by atoms with Crippen LogP contribution < -0.4 is 4.90 Å². The molecule has 21 heavy (non-hydrogen) atoms. The van der Waals surface area contributed by atoms with E-state index < -0.39 is 0 Å². The maximum atomic E-state index is 11.7. The number of carbonyl (C=O) groups excluding carboxylic acids is 2. The summed E-state index contributed by atoms with van der Waals surface area (Å²) in [7, 11) is 1.75. The Morgan fingerprint density at radius 3 is 2.76 bits per heavy atom. The summed E-state index contributed by atoms with van der Waals surface area (Å²) in [5, 5.41) is 4.36. The Morgan fingerprint density at radius 1 is 1.38 bits per heavy atom. The number of aryl methyl sites for hydroxylation is 1. The molecular weight excluding hydrogens is 266 g/mol. The molecule has 1 aromatic carbocycles. The first-order valence-corrected chi connectivity index (χ1v) is 6.93. The molecule has 5 heteroatoms. The highest BCUT2D eigenvalue weighted by Gasteiger charge is 2.29. The second kappa shape index (κ2) is 4.84. The van der Waals surface area contributed by atoms with Gasteiger partial charge in [0, 0.05) is 31.3 Å². The van der Waals surface area contributed by atoms with Gasteiger partial charge in [0.25, 0.3) is 0 Å². The summed E-state index contributed by atoms with van der Waals surface area (Å²) in [4.78, 5) is 24.5. The third-order valence-electron chi connectivity index (χ3n) is 3.97. The van der Waals surface area contributed by atoms with Gasteiger partial charge in [0.15, 0.2) is 6.29 Å². The van der Waals surface area contributed by atoms with E-state index in [4.69, 9.17) is 0 Å². The standard InChI is InChI=1S/C16H17N3O2/c1-10-6-13-7-12(4-5-16(13)19(10)11(2)21)15-8-14(9-20)18(3)17-15/h4-5,7-10H,6H2,1-3H3. The van der Waals surface area contributed by atoms with Crippen LogP contribution in [0.1, 0.15) is 29.9 Å². The first kappa shape index (κ1) is 13.5. The fraction of sp³-hybridized carbons (Fsp3) is 0.312. The zero-order chi connectivity index (χ0) is 15.1. The maximum Gasteiger partial charge on any atom is 0.224 e. The molecule has 0 aliphatic carbocycles. The van der Waals surface area contributed by atoms with Crippen LogP contribution in [0.3, 0.4) is 0 Å². The van der Waals surface area contributed by atoms with Crippen LogP contribution in [-0.2, 0) is 18.3 Å². The Labute approximate surface area is 123 Å². The third-order valence-corrected chi connectivity index (χ3v) is 3.97. The van der Waals surface area contributed by atoms with Gasteiger partial charge in [-0.25, -0.2) is 0 Å². The van der Waals surface area contributed by atoms with Crippen molar-refractivity contribution in [2.75, 3.05) is 4.90 Å². The lowest BCUT2D eigenvalue weighted by atomic mass is 10.0. The molecule has 1 atom stereocenters. The summed E-state index contributed by atoms with van der Waals surface area (Å²) >= 11 is 0. The van der Waals surface area contributed by atoms with Crippen LogP contribution in [0.4, 0.5) is 5.69 Å². The van der Waals surface area contributed by atoms with E-state index >= 15 is 0 Å². The number of nitrogens with zero attached hydrogens (tertiary/aromatic N) is 3. The Bertz CT molecular complexity index is 733. The molecule has 1 amide bonds. The molecule has 0 N–H and O–H groups in total. The Morgan fingerprint density at radius 2 is 2.14 bits per heavy atom. The molecule has 0 spiro atoms. The molecule has 3 rings (SSSR count). The van der Waals surface area contributed by atoms with Gasteiger partial charge in [-0.3, -0.25) is 14.3 Å². The van der Waals surface area contributed by atoms with Gasteiger partial charge in [-0.2, -0.15) is 5.10 Å². The molecule has 1 aliphatic heterocycles. The number of aromatic nitrogens is 2. The first-order valence-electron chi connectivity index (χ1n) is 6.93. The summed E-state index contributed by atoms with van der Waals surface area (Å²) in [6.45, 7) is 3.64. The zero-order valence-corrected chi connectivity index (χ0v) is 12.3. The van der Waals surface area contributed by atoms with Gasteiger partial charge in [-0.15, -0.1) is 0 Å². The number of hydrogen-bond acceptors (Lipinski definition) is 3. The Balaban J connectivity index is 2.03. The molecule has 1 unspecified atom stereocenters. The minimum absolute atomic E-state index is 0.0649. The minimum Gasteiger partial charge on any atom is -0.309 e. The second-order valence-corrected chi connectivity index (χ2v) is 5.48. The summed E-state index contributed by atoms with van der Waals surface area (Å²) in [5.74, 6) is 0.0649. The molecule has 0 fully saturated rings. The highest BCUT2D eigenvalue weighted by atomic mass is 16.2. The molecule has 0 saturated carbocycles. The number of anilines is 1. The van der Waals surface area contributed by atoms with Crippen molar-refractivity contribution < 1.29 is 9.59 Å². The van der Waals surface area contributed by atoms with E-state index in [-0.39, 0.29) is 11.9 Å². The van der Waals surface area contributed by atoms with Crippen LogP contribution in [0.5, 0.6) is 0 Å². The average Bonchev–Trinajstić information content (AvgIpc) is 2.96. The summed E-state index contributed by atoms with van der Waals surface area (Å²) in [6.07, 6.45) is 1.64. The van der Waals surface area contributed by atoms with Crippen molar-refractivity contribution in [3.63, 3.8) is 0 Å². The van der Waals surface area contributed by atoms with Crippen LogP contribution in [0.25, 0.3) is 11.3 Å². The van der Waals surface area contributed by atoms with Crippen molar-refractivity contribution in [2.45, 2.75) is 26.3 Å². The fourth-order valence-electron chi connectivity index (χ4n) is 3.00. The summed E-state index contributed by atoms with van der Waals surface area (Å²) < 4.78 is 1.57. The number of aldehydes is 1. The SMILES string of the molecule is CC(=O)N1c2ccc(-c3cc(C=O)n(C)n3)cc2CC1C. The van der Waals surface area contributed by atoms with E-state index in [9.17, 15) is 9.59 Å². The van der Waals surface area contributed by atoms with Crippen LogP contribution in [-0.4, -0.2) is 28.0 Å². The number of amides is 1. The highest BCUT2D eigenvalue weighted by molar-refractivity contribution is 5.95. The van der Waals surface area contributed by atoms with Gasteiger partial charge in [0.1, 0.15) is 5.69 Å². The molecule has 2 aromatic rings. The maximum absolute atomic E-state index is 11.7. The molecule has 0 bridgehead atoms. The molecule has 108 valence electrons. The lowest BCUT2D eigenvalue weighted by Crippen LogP contribution is -2.33. The predicted molar refractivity (Wildman–Crippen MR) is 80.4 cm³/mol. The second-order valence-electron chi connectivity index (χ2n) is 5.48. The largest absolute Gasteiger partial charge is 0.309 e. The highest BCUT2D eigenvalue weighted by Crippen LogP contribution is 2.35. The Hall–Kier alpha value is -2.43. The van der Waals surface area contributed by atoms with E-state index in [1.807, 2.05) is 24.0 Å². The zero-order valence-electron chi connectivity index (χ0n) is 12.3. The van der Waals surface area contributed by atoms with Crippen molar-refractivity contribution in [1.82, 2.24) is 9.78 Å². The molecule has 5 nitrogen and oxygen atoms in total. The summed E-state index contributed by atoms with van der Waals surface area (Å²) in [6, 6.07) is 7.93. The molecule has 1 aliphatic rings. The van der Waals surface area contributed by atoms with E-state index in [1.54, 1.807) is 24.7 Å². The van der Waals surface area contributed by atoms with Gasteiger partial charge < -0.3 is 4.90 Å². The number of benzene rings is 1. The van der Waals surface area contributed by atoms with Gasteiger partial charge in [0.2, 0.25) is 5.91 Å². The minimum atomic E-state index is 0.0649. The number of carbonyl (C=O) groups is 2. The van der Waals surface area contributed by atoms with Gasteiger partial charge in [0.05, 0.1) is 5.69 Å². The normalized spacial score (nSPS) is 16.9. The first-order chi connectivity index (χ1) is 10.0. The predicted octanol–water partition coefficient (Wildman–Crippen LogP) is 2.20. The summed E-state index contributed by atoms with van der Waals surface area (Å²) in [5.41, 5.74) is 4.41. The van der Waals surface area contributed by atoms with Crippen molar-refractivity contribution in [1.29, 1.82) is 0 Å². The molecule has 0 saturated heterocycles. The molecule has 1 aromatic heterocycles. The van der Waals surface area contributed by atoms with Gasteiger partial charge in [-0.1, -0.05) is 6.07 Å². The lowest BCUT2D eigenvalue weighted by Gasteiger charge is -2.20. The Kier molecular flexibility index (Phi) is 3.12. The number of hydrogen-bond donors (Lipinski definition) is 0. The van der Waals surface area contributed by atoms with E-state index in [2.05, 4.69) is 11.2 Å². The third kappa shape index (κ3) is 2.14. The molecule has 0 radical (unpaired) electrons. The average molecular weight is 283 g/mol. The topological polar surface area (TPSA) is 55.2 Å². The van der Waals surface area contributed by atoms with Gasteiger partial charge in [-0.05, 0) is 37.1 Å². The van der Waals surface area contributed by atoms with Crippen molar-refractivity contribution in [3.05, 3.63) is 35.5 Å². The quantitative estimate of drug-likeness (QED) is 0.794. The molecule has 2 heterocycles. The monoisotopic (exact) mass is 283 g/mol. The van der Waals surface area contributed by atoms with Crippen LogP contribution >= 0.6 is 0 Å².